The van der Waals surface area contributed by atoms with Gasteiger partial charge in [-0.25, -0.2) is 0 Å². The van der Waals surface area contributed by atoms with Crippen molar-refractivity contribution in [1.29, 1.82) is 0 Å². The second-order valence-electron chi connectivity index (χ2n) is 4.39. The Labute approximate surface area is 103 Å². The van der Waals surface area contributed by atoms with Gasteiger partial charge in [-0.2, -0.15) is 4.98 Å². The summed E-state index contributed by atoms with van der Waals surface area (Å²) in [5, 5.41) is 6.80. The van der Waals surface area contributed by atoms with Gasteiger partial charge in [0.15, 0.2) is 0 Å². The molecule has 0 bridgehead atoms. The molecular formula is C13H21N3O. The van der Waals surface area contributed by atoms with E-state index in [9.17, 15) is 0 Å². The lowest BCUT2D eigenvalue weighted by atomic mass is 10.00. The van der Waals surface area contributed by atoms with Crippen molar-refractivity contribution < 1.29 is 4.74 Å². The van der Waals surface area contributed by atoms with Crippen LogP contribution in [0.2, 0.25) is 0 Å². The monoisotopic (exact) mass is 235 g/mol. The van der Waals surface area contributed by atoms with Crippen molar-refractivity contribution in [2.24, 2.45) is 5.92 Å². The first-order valence-electron chi connectivity index (χ1n) is 6.43. The molecule has 0 spiro atoms. The maximum atomic E-state index is 5.37. The maximum Gasteiger partial charge on any atom is 0.215 e. The molecule has 4 nitrogen and oxygen atoms in total. The summed E-state index contributed by atoms with van der Waals surface area (Å²) in [5.41, 5.74) is 0. The summed E-state index contributed by atoms with van der Waals surface area (Å²) in [6.45, 7) is 5.88. The van der Waals surface area contributed by atoms with Gasteiger partial charge < -0.3 is 15.4 Å². The molecule has 2 rings (SSSR count). The van der Waals surface area contributed by atoms with E-state index in [2.05, 4.69) is 15.6 Å². The number of nitrogens with one attached hydrogen (secondary N) is 2. The van der Waals surface area contributed by atoms with Crippen LogP contribution in [0.3, 0.4) is 0 Å². The first-order valence-corrected chi connectivity index (χ1v) is 6.43. The largest absolute Gasteiger partial charge is 0.478 e. The van der Waals surface area contributed by atoms with Crippen molar-refractivity contribution in [2.75, 3.05) is 31.6 Å². The van der Waals surface area contributed by atoms with Crippen molar-refractivity contribution in [1.82, 2.24) is 10.3 Å². The molecule has 1 aromatic rings. The summed E-state index contributed by atoms with van der Waals surface area (Å²) in [6.07, 6.45) is 2.57. The second kappa shape index (κ2) is 6.45. The molecule has 4 heteroatoms. The summed E-state index contributed by atoms with van der Waals surface area (Å²) in [6, 6.07) is 5.84. The van der Waals surface area contributed by atoms with E-state index < -0.39 is 0 Å². The topological polar surface area (TPSA) is 46.2 Å². The van der Waals surface area contributed by atoms with Crippen molar-refractivity contribution in [3.8, 4) is 5.88 Å². The molecule has 0 radical (unpaired) electrons. The molecule has 94 valence electrons. The highest BCUT2D eigenvalue weighted by Gasteiger charge is 2.12. The smallest absolute Gasteiger partial charge is 0.215 e. The average molecular weight is 235 g/mol. The van der Waals surface area contributed by atoms with Gasteiger partial charge in [-0.1, -0.05) is 6.07 Å². The number of hydrogen-bond donors (Lipinski definition) is 2. The molecule has 17 heavy (non-hydrogen) atoms. The van der Waals surface area contributed by atoms with Crippen LogP contribution in [-0.4, -0.2) is 31.2 Å². The van der Waals surface area contributed by atoms with Gasteiger partial charge >= 0.3 is 0 Å². The quantitative estimate of drug-likeness (QED) is 0.818. The number of piperidine rings is 1. The number of ether oxygens (including phenoxy) is 1. The summed E-state index contributed by atoms with van der Waals surface area (Å²) in [5.74, 6) is 2.31. The normalized spacial score (nSPS) is 19.9. The molecule has 2 heterocycles. The van der Waals surface area contributed by atoms with Gasteiger partial charge in [-0.05, 0) is 44.8 Å². The summed E-state index contributed by atoms with van der Waals surface area (Å²) in [4.78, 5) is 4.39. The number of rotatable bonds is 5. The predicted molar refractivity (Wildman–Crippen MR) is 69.5 cm³/mol. The molecule has 0 aromatic carbocycles. The minimum absolute atomic E-state index is 0.656. The molecule has 1 atom stereocenters. The lowest BCUT2D eigenvalue weighted by Crippen LogP contribution is -2.33. The predicted octanol–water partition coefficient (Wildman–Crippen LogP) is 1.89. The number of pyridine rings is 1. The highest BCUT2D eigenvalue weighted by Crippen LogP contribution is 2.14. The molecule has 1 aliphatic heterocycles. The molecule has 1 aromatic heterocycles. The van der Waals surface area contributed by atoms with E-state index in [0.29, 0.717) is 18.4 Å². The number of aromatic nitrogens is 1. The standard InChI is InChI=1S/C13H21N3O/c1-2-17-13-7-3-6-12(16-13)15-10-11-5-4-8-14-9-11/h3,6-7,11,14H,2,4-5,8-10H2,1H3,(H,15,16). The summed E-state index contributed by atoms with van der Waals surface area (Å²) >= 11 is 0. The number of nitrogens with zero attached hydrogens (tertiary/aromatic N) is 1. The van der Waals surface area contributed by atoms with Crippen molar-refractivity contribution in [3.05, 3.63) is 18.2 Å². The van der Waals surface area contributed by atoms with Gasteiger partial charge in [0.2, 0.25) is 5.88 Å². The third-order valence-electron chi connectivity index (χ3n) is 2.99. The van der Waals surface area contributed by atoms with Crippen LogP contribution in [0.4, 0.5) is 5.82 Å². The molecule has 1 unspecified atom stereocenters. The highest BCUT2D eigenvalue weighted by atomic mass is 16.5. The van der Waals surface area contributed by atoms with Crippen LogP contribution in [0.5, 0.6) is 5.88 Å². The van der Waals surface area contributed by atoms with Gasteiger partial charge in [0.05, 0.1) is 6.61 Å². The van der Waals surface area contributed by atoms with Crippen LogP contribution in [-0.2, 0) is 0 Å². The fourth-order valence-corrected chi connectivity index (χ4v) is 2.09. The number of anilines is 1. The Morgan fingerprint density at radius 2 is 2.47 bits per heavy atom. The Hall–Kier alpha value is -1.29. The van der Waals surface area contributed by atoms with E-state index in [0.717, 1.165) is 25.5 Å². The molecule has 0 aliphatic carbocycles. The van der Waals surface area contributed by atoms with Gasteiger partial charge in [0.25, 0.3) is 0 Å². The average Bonchev–Trinajstić information content (AvgIpc) is 2.39. The zero-order chi connectivity index (χ0) is 11.9. The Kier molecular flexibility index (Phi) is 4.62. The zero-order valence-electron chi connectivity index (χ0n) is 10.4. The van der Waals surface area contributed by atoms with Crippen molar-refractivity contribution in [2.45, 2.75) is 19.8 Å². The lowest BCUT2D eigenvalue weighted by Gasteiger charge is -2.23. The van der Waals surface area contributed by atoms with E-state index in [-0.39, 0.29) is 0 Å². The molecule has 2 N–H and O–H groups in total. The second-order valence-corrected chi connectivity index (χ2v) is 4.39. The van der Waals surface area contributed by atoms with E-state index in [1.807, 2.05) is 25.1 Å². The van der Waals surface area contributed by atoms with Crippen LogP contribution in [0.25, 0.3) is 0 Å². The van der Waals surface area contributed by atoms with E-state index in [1.165, 1.54) is 12.8 Å². The third-order valence-corrected chi connectivity index (χ3v) is 2.99. The molecule has 1 aliphatic rings. The first-order chi connectivity index (χ1) is 8.38. The Balaban J connectivity index is 1.83. The maximum absolute atomic E-state index is 5.37. The molecule has 1 saturated heterocycles. The number of hydrogen-bond acceptors (Lipinski definition) is 4. The van der Waals surface area contributed by atoms with Crippen LogP contribution < -0.4 is 15.4 Å². The van der Waals surface area contributed by atoms with Gasteiger partial charge in [0.1, 0.15) is 5.82 Å². The highest BCUT2D eigenvalue weighted by molar-refractivity contribution is 5.37. The minimum Gasteiger partial charge on any atom is -0.478 e. The van der Waals surface area contributed by atoms with Gasteiger partial charge in [0, 0.05) is 12.6 Å². The zero-order valence-corrected chi connectivity index (χ0v) is 10.4. The van der Waals surface area contributed by atoms with Gasteiger partial charge in [-0.15, -0.1) is 0 Å². The summed E-state index contributed by atoms with van der Waals surface area (Å²) < 4.78 is 5.37. The minimum atomic E-state index is 0.656. The van der Waals surface area contributed by atoms with Crippen LogP contribution in [0.1, 0.15) is 19.8 Å². The third kappa shape index (κ3) is 3.89. The van der Waals surface area contributed by atoms with E-state index >= 15 is 0 Å². The van der Waals surface area contributed by atoms with Crippen molar-refractivity contribution >= 4 is 5.82 Å². The Morgan fingerprint density at radius 3 is 3.24 bits per heavy atom. The summed E-state index contributed by atoms with van der Waals surface area (Å²) in [7, 11) is 0. The van der Waals surface area contributed by atoms with Crippen LogP contribution in [0.15, 0.2) is 18.2 Å². The Bertz CT molecular complexity index is 337. The van der Waals surface area contributed by atoms with Crippen molar-refractivity contribution in [3.63, 3.8) is 0 Å². The first kappa shape index (κ1) is 12.2. The fourth-order valence-electron chi connectivity index (χ4n) is 2.09. The lowest BCUT2D eigenvalue weighted by molar-refractivity contribution is 0.327. The molecular weight excluding hydrogens is 214 g/mol. The molecule has 1 fully saturated rings. The van der Waals surface area contributed by atoms with E-state index in [1.54, 1.807) is 0 Å². The van der Waals surface area contributed by atoms with Crippen LogP contribution in [0, 0.1) is 5.92 Å². The Morgan fingerprint density at radius 1 is 1.53 bits per heavy atom. The fraction of sp³-hybridized carbons (Fsp3) is 0.615. The van der Waals surface area contributed by atoms with E-state index in [4.69, 9.17) is 4.74 Å². The molecule has 0 saturated carbocycles. The van der Waals surface area contributed by atoms with Gasteiger partial charge in [-0.3, -0.25) is 0 Å². The van der Waals surface area contributed by atoms with Crippen LogP contribution >= 0.6 is 0 Å². The SMILES string of the molecule is CCOc1cccc(NCC2CCCNC2)n1. The molecule has 0 amide bonds.